The molecule has 1 aromatic carbocycles. The molecule has 10 heteroatoms. The molecule has 214 valence electrons. The summed E-state index contributed by atoms with van der Waals surface area (Å²) in [5.74, 6) is 1.11. The Morgan fingerprint density at radius 1 is 1.12 bits per heavy atom. The van der Waals surface area contributed by atoms with E-state index in [4.69, 9.17) is 37.2 Å². The molecule has 2 bridgehead atoms. The van der Waals surface area contributed by atoms with Crippen molar-refractivity contribution in [2.75, 3.05) is 6.61 Å². The van der Waals surface area contributed by atoms with Gasteiger partial charge in [-0.15, -0.1) is 0 Å². The lowest BCUT2D eigenvalue weighted by Gasteiger charge is -2.52. The van der Waals surface area contributed by atoms with Crippen LogP contribution in [0.25, 0.3) is 22.2 Å². The third-order valence-corrected chi connectivity index (χ3v) is 10.0. The minimum absolute atomic E-state index is 0.125. The van der Waals surface area contributed by atoms with Gasteiger partial charge in [0.2, 0.25) is 0 Å². The third kappa shape index (κ3) is 4.80. The van der Waals surface area contributed by atoms with Crippen molar-refractivity contribution in [3.63, 3.8) is 0 Å². The largest absolute Gasteiger partial charge is 0.493 e. The maximum absolute atomic E-state index is 11.6. The van der Waals surface area contributed by atoms with Crippen LogP contribution in [0.4, 0.5) is 0 Å². The molecule has 4 aliphatic rings. The summed E-state index contributed by atoms with van der Waals surface area (Å²) in [4.78, 5) is 15.6. The number of aryl methyl sites for hydroxylation is 1. The summed E-state index contributed by atoms with van der Waals surface area (Å²) in [5, 5.41) is 15.5. The molecule has 0 aliphatic heterocycles. The van der Waals surface area contributed by atoms with E-state index in [0.29, 0.717) is 46.0 Å². The van der Waals surface area contributed by atoms with Gasteiger partial charge < -0.3 is 23.7 Å². The molecule has 4 fully saturated rings. The first kappa shape index (κ1) is 26.8. The van der Waals surface area contributed by atoms with Crippen LogP contribution in [0.5, 0.6) is 5.75 Å². The summed E-state index contributed by atoms with van der Waals surface area (Å²) in [5.41, 5.74) is 3.36. The predicted octanol–water partition coefficient (Wildman–Crippen LogP) is 7.80. The number of fused-ring (bicyclic) bond motifs is 4. The number of pyridine rings is 1. The van der Waals surface area contributed by atoms with Crippen LogP contribution < -0.4 is 4.74 Å². The van der Waals surface area contributed by atoms with Crippen LogP contribution in [-0.2, 0) is 18.4 Å². The van der Waals surface area contributed by atoms with Gasteiger partial charge in [0.25, 0.3) is 0 Å². The molecular formula is C31H31Cl2N3O5. The lowest BCUT2D eigenvalue weighted by atomic mass is 9.59. The Labute approximate surface area is 247 Å². The molecule has 1 N–H and O–H groups in total. The van der Waals surface area contributed by atoms with E-state index in [1.54, 1.807) is 18.6 Å². The Balaban J connectivity index is 1.03. The van der Waals surface area contributed by atoms with Crippen molar-refractivity contribution in [2.45, 2.75) is 69.5 Å². The standard InChI is InChI=1S/C31H31Cl2N3O5/c1-36-15-21(29(37)38)20-5-4-19(12-25(20)36)39-17-30-6-9-31(10-7-30,11-8-30)40-16-22-27(35-41-28(22)18-2-3-18)26-23(32)13-34-14-24(26)33/h4-5,12-15,18H,2-3,6-11,16-17H2,1H3,(H,37,38). The van der Waals surface area contributed by atoms with E-state index in [0.717, 1.165) is 79.3 Å². The molecule has 0 atom stereocenters. The van der Waals surface area contributed by atoms with Gasteiger partial charge in [0, 0.05) is 59.6 Å². The highest BCUT2D eigenvalue weighted by atomic mass is 35.5. The summed E-state index contributed by atoms with van der Waals surface area (Å²) < 4.78 is 20.8. The maximum Gasteiger partial charge on any atom is 0.337 e. The Kier molecular flexibility index (Phi) is 6.56. The van der Waals surface area contributed by atoms with Crippen LogP contribution in [0.2, 0.25) is 10.0 Å². The lowest BCUT2D eigenvalue weighted by molar-refractivity contribution is -0.150. The number of ether oxygens (including phenoxy) is 2. The van der Waals surface area contributed by atoms with Gasteiger partial charge >= 0.3 is 5.97 Å². The van der Waals surface area contributed by atoms with Gasteiger partial charge in [-0.2, -0.15) is 0 Å². The first-order valence-electron chi connectivity index (χ1n) is 14.1. The average molecular weight is 597 g/mol. The number of hydrogen-bond acceptors (Lipinski definition) is 6. The van der Waals surface area contributed by atoms with Crippen molar-refractivity contribution >= 4 is 40.1 Å². The molecule has 41 heavy (non-hydrogen) atoms. The fourth-order valence-electron chi connectivity index (χ4n) is 6.71. The summed E-state index contributed by atoms with van der Waals surface area (Å²) in [6.07, 6.45) is 13.0. The molecule has 0 radical (unpaired) electrons. The number of carboxylic acid groups (broad SMARTS) is 1. The van der Waals surface area contributed by atoms with E-state index in [1.807, 2.05) is 29.8 Å². The molecule has 4 aliphatic carbocycles. The van der Waals surface area contributed by atoms with Gasteiger partial charge in [0.1, 0.15) is 17.2 Å². The predicted molar refractivity (Wildman–Crippen MR) is 155 cm³/mol. The molecule has 4 aromatic rings. The van der Waals surface area contributed by atoms with Gasteiger partial charge in [-0.05, 0) is 63.5 Å². The molecule has 0 saturated heterocycles. The molecule has 3 aromatic heterocycles. The maximum atomic E-state index is 11.6. The number of hydrogen-bond donors (Lipinski definition) is 1. The number of halogens is 2. The van der Waals surface area contributed by atoms with Crippen LogP contribution >= 0.6 is 23.2 Å². The van der Waals surface area contributed by atoms with Crippen LogP contribution in [0.15, 0.2) is 41.3 Å². The highest BCUT2D eigenvalue weighted by Gasteiger charge is 2.50. The normalized spacial score (nSPS) is 23.8. The molecule has 8 rings (SSSR count). The van der Waals surface area contributed by atoms with E-state index >= 15 is 0 Å². The Morgan fingerprint density at radius 2 is 1.83 bits per heavy atom. The summed E-state index contributed by atoms with van der Waals surface area (Å²) >= 11 is 13.0. The van der Waals surface area contributed by atoms with Crippen LogP contribution in [0.1, 0.15) is 79.0 Å². The van der Waals surface area contributed by atoms with Crippen molar-refractivity contribution in [1.29, 1.82) is 0 Å². The second-order valence-corrected chi connectivity index (χ2v) is 12.8. The number of carbonyl (C=O) groups is 1. The van der Waals surface area contributed by atoms with E-state index < -0.39 is 5.97 Å². The summed E-state index contributed by atoms with van der Waals surface area (Å²) in [7, 11) is 1.86. The van der Waals surface area contributed by atoms with Gasteiger partial charge in [0.15, 0.2) is 0 Å². The second kappa shape index (κ2) is 10.0. The lowest BCUT2D eigenvalue weighted by Crippen LogP contribution is -2.49. The zero-order chi connectivity index (χ0) is 28.4. The van der Waals surface area contributed by atoms with Crippen molar-refractivity contribution in [1.82, 2.24) is 14.7 Å². The highest BCUT2D eigenvalue weighted by molar-refractivity contribution is 6.38. The molecule has 0 amide bonds. The van der Waals surface area contributed by atoms with E-state index in [2.05, 4.69) is 10.1 Å². The highest BCUT2D eigenvalue weighted by Crippen LogP contribution is 2.55. The van der Waals surface area contributed by atoms with Gasteiger partial charge in [0.05, 0.1) is 39.9 Å². The minimum atomic E-state index is -0.924. The topological polar surface area (TPSA) is 99.6 Å². The molecule has 0 spiro atoms. The zero-order valence-corrected chi connectivity index (χ0v) is 24.3. The first-order chi connectivity index (χ1) is 19.8. The van der Waals surface area contributed by atoms with E-state index in [9.17, 15) is 9.90 Å². The molecule has 0 unspecified atom stereocenters. The molecular weight excluding hydrogens is 565 g/mol. The fraction of sp³-hybridized carbons (Fsp3) is 0.452. The second-order valence-electron chi connectivity index (χ2n) is 12.0. The van der Waals surface area contributed by atoms with Crippen LogP contribution in [0.3, 0.4) is 0 Å². The molecule has 3 heterocycles. The Bertz CT molecular complexity index is 1610. The smallest absolute Gasteiger partial charge is 0.337 e. The number of aromatic carboxylic acids is 1. The first-order valence-corrected chi connectivity index (χ1v) is 14.9. The number of carboxylic acids is 1. The molecule has 4 saturated carbocycles. The average Bonchev–Trinajstić information content (AvgIpc) is 3.65. The van der Waals surface area contributed by atoms with Crippen molar-refractivity contribution in [3.05, 3.63) is 63.7 Å². The number of aromatic nitrogens is 3. The SMILES string of the molecule is Cn1cc(C(=O)O)c2ccc(OCC34CCC(OCc5c(-c6c(Cl)cncc6Cl)noc5C5CC5)(CC3)CC4)cc21. The van der Waals surface area contributed by atoms with Crippen molar-refractivity contribution in [3.8, 4) is 17.0 Å². The zero-order valence-electron chi connectivity index (χ0n) is 22.8. The molecule has 8 nitrogen and oxygen atoms in total. The third-order valence-electron chi connectivity index (χ3n) is 9.45. The van der Waals surface area contributed by atoms with Gasteiger partial charge in [-0.25, -0.2) is 4.79 Å². The van der Waals surface area contributed by atoms with E-state index in [1.165, 1.54) is 0 Å². The monoisotopic (exact) mass is 595 g/mol. The minimum Gasteiger partial charge on any atom is -0.493 e. The van der Waals surface area contributed by atoms with E-state index in [-0.39, 0.29) is 11.0 Å². The number of benzene rings is 1. The fourth-order valence-corrected chi connectivity index (χ4v) is 7.25. The summed E-state index contributed by atoms with van der Waals surface area (Å²) in [6.45, 7) is 1.06. The van der Waals surface area contributed by atoms with Crippen LogP contribution in [-0.4, -0.2) is 38.0 Å². The van der Waals surface area contributed by atoms with Gasteiger partial charge in [-0.1, -0.05) is 28.4 Å². The van der Waals surface area contributed by atoms with Gasteiger partial charge in [-0.3, -0.25) is 4.98 Å². The Hall–Kier alpha value is -3.07. The van der Waals surface area contributed by atoms with Crippen molar-refractivity contribution in [2.24, 2.45) is 12.5 Å². The number of rotatable bonds is 9. The van der Waals surface area contributed by atoms with Crippen LogP contribution in [0, 0.1) is 5.41 Å². The summed E-state index contributed by atoms with van der Waals surface area (Å²) in [6, 6.07) is 5.65. The number of nitrogens with zero attached hydrogens (tertiary/aromatic N) is 3. The Morgan fingerprint density at radius 3 is 2.49 bits per heavy atom. The van der Waals surface area contributed by atoms with Crippen molar-refractivity contribution < 1.29 is 23.9 Å². The quantitative estimate of drug-likeness (QED) is 0.210.